The molecule has 0 aliphatic heterocycles. The van der Waals surface area contributed by atoms with E-state index in [-0.39, 0.29) is 0 Å². The van der Waals surface area contributed by atoms with Crippen LogP contribution >= 0.6 is 0 Å². The molecule has 0 saturated heterocycles. The third-order valence-electron chi connectivity index (χ3n) is 1.53. The standard InChI is InChI=1S/C6H15NO/c1-5(7-3)6(2)8-4/h5-7H,1-4H3/t5-,6-/m1/s1. The zero-order valence-electron chi connectivity index (χ0n) is 6.06. The average Bonchev–Trinajstić information content (AvgIpc) is 1.84. The molecule has 1 N–H and O–H groups in total. The van der Waals surface area contributed by atoms with Crippen LogP contribution in [-0.4, -0.2) is 26.3 Å². The number of hydrogen-bond donors (Lipinski definition) is 1. The van der Waals surface area contributed by atoms with Crippen molar-refractivity contribution >= 4 is 0 Å². The Hall–Kier alpha value is -0.0800. The summed E-state index contributed by atoms with van der Waals surface area (Å²) in [4.78, 5) is 0. The molecule has 50 valence electrons. The molecule has 8 heavy (non-hydrogen) atoms. The summed E-state index contributed by atoms with van der Waals surface area (Å²) in [7, 11) is 3.65. The van der Waals surface area contributed by atoms with Crippen LogP contribution in [0.25, 0.3) is 0 Å². The summed E-state index contributed by atoms with van der Waals surface area (Å²) in [5.74, 6) is 0. The lowest BCUT2D eigenvalue weighted by molar-refractivity contribution is 0.0914. The molecule has 0 radical (unpaired) electrons. The molecule has 0 heterocycles. The number of nitrogens with one attached hydrogen (secondary N) is 1. The second-order valence-corrected chi connectivity index (χ2v) is 2.02. The van der Waals surface area contributed by atoms with Crippen LogP contribution in [-0.2, 0) is 4.74 Å². The highest BCUT2D eigenvalue weighted by atomic mass is 16.5. The molecule has 2 heteroatoms. The summed E-state index contributed by atoms with van der Waals surface area (Å²) in [5, 5.41) is 3.09. The highest BCUT2D eigenvalue weighted by Crippen LogP contribution is 1.93. The fourth-order valence-corrected chi connectivity index (χ4v) is 0.439. The molecule has 0 aliphatic carbocycles. The maximum absolute atomic E-state index is 5.04. The van der Waals surface area contributed by atoms with E-state index in [4.69, 9.17) is 4.74 Å². The molecule has 0 amide bonds. The van der Waals surface area contributed by atoms with E-state index in [2.05, 4.69) is 12.2 Å². The van der Waals surface area contributed by atoms with Gasteiger partial charge in [-0.2, -0.15) is 0 Å². The summed E-state index contributed by atoms with van der Waals surface area (Å²) in [5.41, 5.74) is 0. The van der Waals surface area contributed by atoms with Crippen molar-refractivity contribution in [3.63, 3.8) is 0 Å². The molecule has 2 atom stereocenters. The van der Waals surface area contributed by atoms with Gasteiger partial charge in [-0.1, -0.05) is 0 Å². The van der Waals surface area contributed by atoms with Crippen molar-refractivity contribution in [2.24, 2.45) is 0 Å². The number of ether oxygens (including phenoxy) is 1. The first-order chi connectivity index (χ1) is 3.72. The summed E-state index contributed by atoms with van der Waals surface area (Å²) in [6.45, 7) is 4.13. The third-order valence-corrected chi connectivity index (χ3v) is 1.53. The first-order valence-electron chi connectivity index (χ1n) is 2.92. The number of likely N-dealkylation sites (N-methyl/N-ethyl adjacent to an activating group) is 1. The van der Waals surface area contributed by atoms with Gasteiger partial charge in [-0.3, -0.25) is 0 Å². The van der Waals surface area contributed by atoms with E-state index in [0.717, 1.165) is 0 Å². The number of methoxy groups -OCH3 is 1. The number of hydrogen-bond acceptors (Lipinski definition) is 2. The zero-order valence-corrected chi connectivity index (χ0v) is 6.06. The van der Waals surface area contributed by atoms with Crippen molar-refractivity contribution in [1.82, 2.24) is 5.32 Å². The molecule has 0 rings (SSSR count). The zero-order chi connectivity index (χ0) is 6.57. The van der Waals surface area contributed by atoms with Crippen LogP contribution < -0.4 is 5.32 Å². The Labute approximate surface area is 51.2 Å². The highest BCUT2D eigenvalue weighted by Gasteiger charge is 2.05. The Balaban J connectivity index is 3.29. The molecule has 0 aromatic carbocycles. The number of rotatable bonds is 3. The topological polar surface area (TPSA) is 21.3 Å². The lowest BCUT2D eigenvalue weighted by atomic mass is 10.2. The molecular weight excluding hydrogens is 102 g/mol. The van der Waals surface area contributed by atoms with E-state index in [1.807, 2.05) is 14.0 Å². The van der Waals surface area contributed by atoms with Crippen molar-refractivity contribution in [1.29, 1.82) is 0 Å². The van der Waals surface area contributed by atoms with Gasteiger partial charge in [0.2, 0.25) is 0 Å². The largest absolute Gasteiger partial charge is 0.380 e. The molecule has 0 aliphatic rings. The summed E-state index contributed by atoms with van der Waals surface area (Å²) in [6.07, 6.45) is 0.306. The smallest absolute Gasteiger partial charge is 0.0693 e. The minimum Gasteiger partial charge on any atom is -0.380 e. The van der Waals surface area contributed by atoms with Crippen LogP contribution in [0.2, 0.25) is 0 Å². The SMILES string of the molecule is CN[C@H](C)[C@@H](C)OC. The van der Waals surface area contributed by atoms with E-state index < -0.39 is 0 Å². The Morgan fingerprint density at radius 2 is 1.88 bits per heavy atom. The van der Waals surface area contributed by atoms with Gasteiger partial charge in [-0.25, -0.2) is 0 Å². The van der Waals surface area contributed by atoms with Crippen LogP contribution in [0.4, 0.5) is 0 Å². The van der Waals surface area contributed by atoms with Gasteiger partial charge in [0, 0.05) is 13.2 Å². The molecule has 0 bridgehead atoms. The fourth-order valence-electron chi connectivity index (χ4n) is 0.439. The third kappa shape index (κ3) is 2.28. The lowest BCUT2D eigenvalue weighted by Gasteiger charge is -2.16. The monoisotopic (exact) mass is 117 g/mol. The highest BCUT2D eigenvalue weighted by molar-refractivity contribution is 4.63. The van der Waals surface area contributed by atoms with E-state index >= 15 is 0 Å². The molecule has 0 aromatic rings. The van der Waals surface area contributed by atoms with Crippen LogP contribution in [0.3, 0.4) is 0 Å². The van der Waals surface area contributed by atoms with Crippen molar-refractivity contribution in [2.45, 2.75) is 26.0 Å². The van der Waals surface area contributed by atoms with Crippen molar-refractivity contribution in [3.8, 4) is 0 Å². The summed E-state index contributed by atoms with van der Waals surface area (Å²) >= 11 is 0. The molecular formula is C6H15NO. The molecule has 0 saturated carbocycles. The van der Waals surface area contributed by atoms with Gasteiger partial charge >= 0.3 is 0 Å². The Morgan fingerprint density at radius 1 is 1.38 bits per heavy atom. The van der Waals surface area contributed by atoms with Crippen LogP contribution in [0, 0.1) is 0 Å². The van der Waals surface area contributed by atoms with E-state index in [9.17, 15) is 0 Å². The summed E-state index contributed by atoms with van der Waals surface area (Å²) < 4.78 is 5.04. The molecule has 0 aromatic heterocycles. The minimum atomic E-state index is 0.306. The fraction of sp³-hybridized carbons (Fsp3) is 1.00. The summed E-state index contributed by atoms with van der Waals surface area (Å²) in [6, 6.07) is 0.444. The van der Waals surface area contributed by atoms with Crippen LogP contribution in [0.15, 0.2) is 0 Å². The lowest BCUT2D eigenvalue weighted by Crippen LogP contribution is -2.33. The first kappa shape index (κ1) is 7.92. The van der Waals surface area contributed by atoms with Crippen molar-refractivity contribution < 1.29 is 4.74 Å². The maximum Gasteiger partial charge on any atom is 0.0693 e. The van der Waals surface area contributed by atoms with Crippen LogP contribution in [0.5, 0.6) is 0 Å². The average molecular weight is 117 g/mol. The van der Waals surface area contributed by atoms with E-state index in [0.29, 0.717) is 12.1 Å². The van der Waals surface area contributed by atoms with Gasteiger partial charge in [0.05, 0.1) is 6.10 Å². The molecule has 0 fully saturated rings. The van der Waals surface area contributed by atoms with Crippen molar-refractivity contribution in [2.75, 3.05) is 14.2 Å². The second kappa shape index (κ2) is 3.87. The molecule has 2 nitrogen and oxygen atoms in total. The molecule has 0 spiro atoms. The quantitative estimate of drug-likeness (QED) is 0.585. The predicted molar refractivity (Wildman–Crippen MR) is 35.0 cm³/mol. The van der Waals surface area contributed by atoms with Gasteiger partial charge in [0.25, 0.3) is 0 Å². The van der Waals surface area contributed by atoms with E-state index in [1.54, 1.807) is 7.11 Å². The minimum absolute atomic E-state index is 0.306. The van der Waals surface area contributed by atoms with Crippen LogP contribution in [0.1, 0.15) is 13.8 Å². The normalized spacial score (nSPS) is 18.0. The predicted octanol–water partition coefficient (Wildman–Crippen LogP) is 0.629. The van der Waals surface area contributed by atoms with Gasteiger partial charge in [-0.05, 0) is 20.9 Å². The Morgan fingerprint density at radius 3 is 2.00 bits per heavy atom. The van der Waals surface area contributed by atoms with Gasteiger partial charge in [-0.15, -0.1) is 0 Å². The first-order valence-corrected chi connectivity index (χ1v) is 2.92. The van der Waals surface area contributed by atoms with E-state index in [1.165, 1.54) is 0 Å². The maximum atomic E-state index is 5.04. The van der Waals surface area contributed by atoms with Gasteiger partial charge < -0.3 is 10.1 Å². The van der Waals surface area contributed by atoms with Gasteiger partial charge in [0.15, 0.2) is 0 Å². The Kier molecular flexibility index (Phi) is 3.83. The second-order valence-electron chi connectivity index (χ2n) is 2.02. The van der Waals surface area contributed by atoms with Gasteiger partial charge in [0.1, 0.15) is 0 Å². The Bertz CT molecular complexity index is 48.5. The van der Waals surface area contributed by atoms with Crippen molar-refractivity contribution in [3.05, 3.63) is 0 Å². The molecule has 0 unspecified atom stereocenters.